The van der Waals surface area contributed by atoms with Crippen LogP contribution in [0.5, 0.6) is 0 Å². The van der Waals surface area contributed by atoms with Crippen LogP contribution in [0.2, 0.25) is 0 Å². The van der Waals surface area contributed by atoms with E-state index in [-0.39, 0.29) is 0 Å². The zero-order valence-electron chi connectivity index (χ0n) is 11.2. The molecule has 0 saturated heterocycles. The fraction of sp³-hybridized carbons (Fsp3) is 0.438. The van der Waals surface area contributed by atoms with Crippen LogP contribution in [0.1, 0.15) is 46.5 Å². The van der Waals surface area contributed by atoms with E-state index in [9.17, 15) is 0 Å². The summed E-state index contributed by atoms with van der Waals surface area (Å²) in [7, 11) is 0. The molecule has 0 heterocycles. The summed E-state index contributed by atoms with van der Waals surface area (Å²) < 4.78 is 5.29. The fourth-order valence-corrected chi connectivity index (χ4v) is 9.87. The van der Waals surface area contributed by atoms with Crippen molar-refractivity contribution in [3.05, 3.63) is 42.5 Å². The molecule has 2 aliphatic rings. The van der Waals surface area contributed by atoms with E-state index in [1.807, 2.05) is 0 Å². The normalized spacial score (nSPS) is 17.9. The minimum atomic E-state index is -1.59. The Morgan fingerprint density at radius 3 is 2.65 bits per heavy atom. The van der Waals surface area contributed by atoms with Gasteiger partial charge in [-0.15, -0.1) is 0 Å². The van der Waals surface area contributed by atoms with E-state index in [0.717, 1.165) is 0 Å². The molecule has 0 aliphatic heterocycles. The van der Waals surface area contributed by atoms with Crippen molar-refractivity contribution in [2.75, 3.05) is 0 Å². The second-order valence-corrected chi connectivity index (χ2v) is 12.6. The summed E-state index contributed by atoms with van der Waals surface area (Å²) in [5.41, 5.74) is 1.59. The van der Waals surface area contributed by atoms with Gasteiger partial charge in [-0.05, 0) is 0 Å². The van der Waals surface area contributed by atoms with Gasteiger partial charge in [0.25, 0.3) is 0 Å². The molecule has 2 rings (SSSR count). The Hall–Kier alpha value is -0.287. The van der Waals surface area contributed by atoms with Crippen LogP contribution in [0.3, 0.4) is 0 Å². The summed E-state index contributed by atoms with van der Waals surface area (Å²) in [6.07, 6.45) is 16.9. The molecule has 0 nitrogen and oxygen atoms in total. The van der Waals surface area contributed by atoms with Gasteiger partial charge in [0, 0.05) is 0 Å². The third-order valence-electron chi connectivity index (χ3n) is 3.40. The van der Waals surface area contributed by atoms with Crippen LogP contribution in [0.25, 0.3) is 0 Å². The number of allylic oxidation sites excluding steroid dienone is 8. The van der Waals surface area contributed by atoms with Crippen molar-refractivity contribution < 1.29 is 21.3 Å². The van der Waals surface area contributed by atoms with E-state index in [0.29, 0.717) is 0 Å². The van der Waals surface area contributed by atoms with Crippen molar-refractivity contribution >= 4 is 3.21 Å². The van der Waals surface area contributed by atoms with E-state index >= 15 is 0 Å². The van der Waals surface area contributed by atoms with E-state index < -0.39 is 21.3 Å². The first-order valence-corrected chi connectivity index (χ1v) is 10.3. The third kappa shape index (κ3) is 3.13. The van der Waals surface area contributed by atoms with Crippen LogP contribution >= 0.6 is 0 Å². The molecule has 0 radical (unpaired) electrons. The SMILES string of the molecule is CCCC1=CC[C]([Zr]([C]2=CC=CC2)=[C](C)C)=C1. The molecule has 0 aromatic heterocycles. The van der Waals surface area contributed by atoms with Gasteiger partial charge in [0.2, 0.25) is 0 Å². The van der Waals surface area contributed by atoms with Crippen molar-refractivity contribution in [2.24, 2.45) is 0 Å². The Bertz CT molecular complexity index is 452. The number of hydrogen-bond acceptors (Lipinski definition) is 0. The zero-order valence-corrected chi connectivity index (χ0v) is 13.7. The monoisotopic (exact) mass is 304 g/mol. The van der Waals surface area contributed by atoms with E-state index in [2.05, 4.69) is 51.2 Å². The van der Waals surface area contributed by atoms with Gasteiger partial charge in [0.15, 0.2) is 0 Å². The fourth-order valence-electron chi connectivity index (χ4n) is 2.70. The molecule has 0 atom stereocenters. The molecule has 1 heteroatoms. The van der Waals surface area contributed by atoms with Crippen LogP contribution in [0, 0.1) is 0 Å². The van der Waals surface area contributed by atoms with E-state index in [1.165, 1.54) is 25.7 Å². The van der Waals surface area contributed by atoms with Gasteiger partial charge in [-0.25, -0.2) is 0 Å². The first-order valence-electron chi connectivity index (χ1n) is 6.66. The second kappa shape index (κ2) is 6.05. The molecule has 0 aromatic rings. The first kappa shape index (κ1) is 13.2. The van der Waals surface area contributed by atoms with Gasteiger partial charge in [-0.3, -0.25) is 0 Å². The Kier molecular flexibility index (Phi) is 4.68. The van der Waals surface area contributed by atoms with Crippen molar-refractivity contribution in [3.8, 4) is 0 Å². The first-order chi connectivity index (χ1) is 8.22. The average molecular weight is 306 g/mol. The summed E-state index contributed by atoms with van der Waals surface area (Å²) in [5, 5.41) is 0. The maximum atomic E-state index is 2.53. The standard InChI is InChI=1S/C8H11.C5H5.C3H6.Zr/c1-2-5-8-6-3-4-7-8;1-2-4-5-3-1;1-3-2;/h6-7H,2-3,5H2,1H3;1-3H,4H2;1-2H3;. The molecule has 0 saturated carbocycles. The van der Waals surface area contributed by atoms with Crippen molar-refractivity contribution in [2.45, 2.75) is 46.5 Å². The van der Waals surface area contributed by atoms with Crippen LogP contribution in [0.4, 0.5) is 0 Å². The predicted molar refractivity (Wildman–Crippen MR) is 73.9 cm³/mol. The summed E-state index contributed by atoms with van der Waals surface area (Å²) >= 11 is -1.59. The molecule has 0 unspecified atom stereocenters. The van der Waals surface area contributed by atoms with E-state index in [1.54, 1.807) is 15.3 Å². The Labute approximate surface area is 113 Å². The Morgan fingerprint density at radius 1 is 1.24 bits per heavy atom. The van der Waals surface area contributed by atoms with Gasteiger partial charge in [-0.1, -0.05) is 0 Å². The van der Waals surface area contributed by atoms with E-state index in [4.69, 9.17) is 0 Å². The number of hydrogen-bond donors (Lipinski definition) is 0. The van der Waals surface area contributed by atoms with Gasteiger partial charge in [-0.2, -0.15) is 0 Å². The quantitative estimate of drug-likeness (QED) is 0.708. The predicted octanol–water partition coefficient (Wildman–Crippen LogP) is 4.67. The molecule has 0 N–H and O–H groups in total. The summed E-state index contributed by atoms with van der Waals surface area (Å²) in [4.78, 5) is 0. The Morgan fingerprint density at radius 2 is 2.06 bits per heavy atom. The molecule has 0 amide bonds. The second-order valence-electron chi connectivity index (χ2n) is 5.10. The molecule has 90 valence electrons. The van der Waals surface area contributed by atoms with Crippen LogP contribution in [0.15, 0.2) is 42.5 Å². The van der Waals surface area contributed by atoms with Crippen LogP contribution in [-0.4, -0.2) is 3.21 Å². The Balaban J connectivity index is 2.21. The summed E-state index contributed by atoms with van der Waals surface area (Å²) in [6.45, 7) is 6.98. The van der Waals surface area contributed by atoms with Gasteiger partial charge in [0.1, 0.15) is 0 Å². The van der Waals surface area contributed by atoms with Gasteiger partial charge < -0.3 is 0 Å². The van der Waals surface area contributed by atoms with Crippen LogP contribution < -0.4 is 0 Å². The molecule has 0 aromatic carbocycles. The van der Waals surface area contributed by atoms with Gasteiger partial charge in [0.05, 0.1) is 0 Å². The van der Waals surface area contributed by atoms with Crippen LogP contribution in [-0.2, 0) is 21.3 Å². The topological polar surface area (TPSA) is 0 Å². The van der Waals surface area contributed by atoms with Gasteiger partial charge >= 0.3 is 113 Å². The van der Waals surface area contributed by atoms with Crippen molar-refractivity contribution in [1.29, 1.82) is 0 Å². The summed E-state index contributed by atoms with van der Waals surface area (Å²) in [5.74, 6) is 0. The van der Waals surface area contributed by atoms with Crippen molar-refractivity contribution in [1.82, 2.24) is 0 Å². The maximum absolute atomic E-state index is 2.53. The molecule has 2 aliphatic carbocycles. The van der Waals surface area contributed by atoms with Crippen molar-refractivity contribution in [3.63, 3.8) is 0 Å². The third-order valence-corrected chi connectivity index (χ3v) is 10.8. The average Bonchev–Trinajstić information content (AvgIpc) is 2.91. The molecule has 17 heavy (non-hydrogen) atoms. The summed E-state index contributed by atoms with van der Waals surface area (Å²) in [6, 6.07) is 0. The molecule has 0 spiro atoms. The minimum absolute atomic E-state index is 1.22. The zero-order chi connectivity index (χ0) is 12.3. The molecular formula is C16H22Zr. The number of rotatable bonds is 4. The molecule has 0 fully saturated rings. The molecule has 0 bridgehead atoms. The molecular weight excluding hydrogens is 283 g/mol.